The molecule has 158 valence electrons. The Kier molecular flexibility index (Phi) is 18.4. The summed E-state index contributed by atoms with van der Waals surface area (Å²) in [6.07, 6.45) is 20.7. The molecule has 1 atom stereocenters. The second kappa shape index (κ2) is 19.4. The van der Waals surface area contributed by atoms with Crippen LogP contribution in [0.1, 0.15) is 103 Å². The van der Waals surface area contributed by atoms with Crippen molar-refractivity contribution in [3.8, 4) is 0 Å². The zero-order chi connectivity index (χ0) is 20.2. The SMILES string of the molecule is CCCC/C=C/CCCCCCCCCC(=O)NCCCC[C@H](N)C(=O)O. The van der Waals surface area contributed by atoms with Gasteiger partial charge in [-0.15, -0.1) is 0 Å². The lowest BCUT2D eigenvalue weighted by Gasteiger charge is -2.07. The standard InChI is InChI=1S/C22H42N2O3/c1-2-3-4-5-6-7-8-9-10-11-12-13-14-18-21(25)24-19-16-15-17-20(23)22(26)27/h5-6,20H,2-4,7-19,23H2,1H3,(H,24,25)(H,26,27)/b6-5+/t20-/m0/s1. The summed E-state index contributed by atoms with van der Waals surface area (Å²) in [6.45, 7) is 2.84. The highest BCUT2D eigenvalue weighted by Crippen LogP contribution is 2.10. The molecule has 0 spiro atoms. The van der Waals surface area contributed by atoms with Crippen molar-refractivity contribution in [2.24, 2.45) is 5.73 Å². The number of nitrogens with one attached hydrogen (secondary N) is 1. The number of amides is 1. The Hall–Kier alpha value is -1.36. The summed E-state index contributed by atoms with van der Waals surface area (Å²) < 4.78 is 0. The lowest BCUT2D eigenvalue weighted by atomic mass is 10.1. The number of carbonyl (C=O) groups is 2. The Bertz CT molecular complexity index is 397. The van der Waals surface area contributed by atoms with Crippen molar-refractivity contribution in [2.75, 3.05) is 6.54 Å². The molecule has 0 rings (SSSR count). The van der Waals surface area contributed by atoms with Crippen molar-refractivity contribution in [1.29, 1.82) is 0 Å². The highest BCUT2D eigenvalue weighted by atomic mass is 16.4. The monoisotopic (exact) mass is 382 g/mol. The molecule has 27 heavy (non-hydrogen) atoms. The topological polar surface area (TPSA) is 92.4 Å². The molecule has 0 fully saturated rings. The number of allylic oxidation sites excluding steroid dienone is 2. The maximum absolute atomic E-state index is 11.7. The van der Waals surface area contributed by atoms with Gasteiger partial charge in [-0.2, -0.15) is 0 Å². The van der Waals surface area contributed by atoms with Crippen LogP contribution in [0.4, 0.5) is 0 Å². The molecule has 0 aliphatic heterocycles. The number of rotatable bonds is 19. The molecule has 0 saturated heterocycles. The third-order valence-electron chi connectivity index (χ3n) is 4.75. The molecular weight excluding hydrogens is 340 g/mol. The normalized spacial score (nSPS) is 12.4. The molecule has 5 nitrogen and oxygen atoms in total. The van der Waals surface area contributed by atoms with Crippen LogP contribution in [0, 0.1) is 0 Å². The van der Waals surface area contributed by atoms with E-state index < -0.39 is 12.0 Å². The molecule has 4 N–H and O–H groups in total. The second-order valence-electron chi connectivity index (χ2n) is 7.42. The van der Waals surface area contributed by atoms with Gasteiger partial charge in [0.15, 0.2) is 0 Å². The van der Waals surface area contributed by atoms with Crippen LogP contribution in [0.2, 0.25) is 0 Å². The molecule has 0 aromatic rings. The van der Waals surface area contributed by atoms with Crippen molar-refractivity contribution < 1.29 is 14.7 Å². The van der Waals surface area contributed by atoms with Crippen LogP contribution in [0.15, 0.2) is 12.2 Å². The third-order valence-corrected chi connectivity index (χ3v) is 4.75. The van der Waals surface area contributed by atoms with Gasteiger partial charge in [0, 0.05) is 13.0 Å². The fraction of sp³-hybridized carbons (Fsp3) is 0.818. The Balaban J connectivity index is 3.27. The molecule has 0 heterocycles. The summed E-state index contributed by atoms with van der Waals surface area (Å²) >= 11 is 0. The van der Waals surface area contributed by atoms with E-state index in [0.29, 0.717) is 19.4 Å². The number of nitrogens with two attached hydrogens (primary N) is 1. The first kappa shape index (κ1) is 25.6. The van der Waals surface area contributed by atoms with E-state index in [-0.39, 0.29) is 5.91 Å². The average molecular weight is 383 g/mol. The zero-order valence-electron chi connectivity index (χ0n) is 17.4. The maximum atomic E-state index is 11.7. The summed E-state index contributed by atoms with van der Waals surface area (Å²) in [6, 6.07) is -0.789. The molecule has 0 aromatic carbocycles. The van der Waals surface area contributed by atoms with Crippen LogP contribution in [0.5, 0.6) is 0 Å². The minimum absolute atomic E-state index is 0.104. The minimum Gasteiger partial charge on any atom is -0.480 e. The summed E-state index contributed by atoms with van der Waals surface area (Å²) in [5.41, 5.74) is 5.43. The lowest BCUT2D eigenvalue weighted by Crippen LogP contribution is -2.30. The summed E-state index contributed by atoms with van der Waals surface area (Å²) in [5.74, 6) is -0.856. The first-order chi connectivity index (χ1) is 13.1. The van der Waals surface area contributed by atoms with E-state index in [9.17, 15) is 9.59 Å². The molecule has 0 aromatic heterocycles. The van der Waals surface area contributed by atoms with E-state index in [4.69, 9.17) is 10.8 Å². The third kappa shape index (κ3) is 19.2. The van der Waals surface area contributed by atoms with Gasteiger partial charge in [-0.1, -0.05) is 64.0 Å². The number of unbranched alkanes of at least 4 members (excludes halogenated alkanes) is 10. The Morgan fingerprint density at radius 1 is 0.889 bits per heavy atom. The van der Waals surface area contributed by atoms with E-state index in [1.165, 1.54) is 57.8 Å². The summed E-state index contributed by atoms with van der Waals surface area (Å²) in [5, 5.41) is 11.6. The van der Waals surface area contributed by atoms with Crippen molar-refractivity contribution in [3.63, 3.8) is 0 Å². The predicted molar refractivity (Wildman–Crippen MR) is 113 cm³/mol. The number of carboxylic acids is 1. The van der Waals surface area contributed by atoms with Crippen molar-refractivity contribution >= 4 is 11.9 Å². The summed E-state index contributed by atoms with van der Waals surface area (Å²) in [7, 11) is 0. The van der Waals surface area contributed by atoms with Gasteiger partial charge in [0.1, 0.15) is 6.04 Å². The fourth-order valence-corrected chi connectivity index (χ4v) is 2.92. The van der Waals surface area contributed by atoms with Crippen LogP contribution in [0.25, 0.3) is 0 Å². The molecule has 0 unspecified atom stereocenters. The van der Waals surface area contributed by atoms with Crippen molar-refractivity contribution in [3.05, 3.63) is 12.2 Å². The number of hydrogen-bond donors (Lipinski definition) is 3. The molecule has 0 radical (unpaired) electrons. The quantitative estimate of drug-likeness (QED) is 0.218. The predicted octanol–water partition coefficient (Wildman–Crippen LogP) is 4.94. The highest BCUT2D eigenvalue weighted by molar-refractivity contribution is 5.75. The molecule has 0 aliphatic rings. The average Bonchev–Trinajstić information content (AvgIpc) is 2.64. The van der Waals surface area contributed by atoms with Gasteiger partial charge >= 0.3 is 5.97 Å². The van der Waals surface area contributed by atoms with E-state index >= 15 is 0 Å². The zero-order valence-corrected chi connectivity index (χ0v) is 17.4. The van der Waals surface area contributed by atoms with Crippen molar-refractivity contribution in [2.45, 2.75) is 109 Å². The van der Waals surface area contributed by atoms with Crippen LogP contribution < -0.4 is 11.1 Å². The minimum atomic E-state index is -0.960. The van der Waals surface area contributed by atoms with Gasteiger partial charge in [0.05, 0.1) is 0 Å². The van der Waals surface area contributed by atoms with Gasteiger partial charge in [0.25, 0.3) is 0 Å². The van der Waals surface area contributed by atoms with Gasteiger partial charge in [-0.05, 0) is 44.9 Å². The number of aliphatic carboxylic acids is 1. The lowest BCUT2D eigenvalue weighted by molar-refractivity contribution is -0.138. The molecule has 0 aliphatic carbocycles. The Labute approximate surface area is 166 Å². The smallest absolute Gasteiger partial charge is 0.320 e. The Morgan fingerprint density at radius 3 is 2.11 bits per heavy atom. The van der Waals surface area contributed by atoms with Crippen LogP contribution in [-0.2, 0) is 9.59 Å². The van der Waals surface area contributed by atoms with Crippen LogP contribution in [-0.4, -0.2) is 29.6 Å². The molecule has 0 bridgehead atoms. The van der Waals surface area contributed by atoms with E-state index in [0.717, 1.165) is 25.7 Å². The number of carboxylic acid groups (broad SMARTS) is 1. The van der Waals surface area contributed by atoms with Crippen molar-refractivity contribution in [1.82, 2.24) is 5.32 Å². The van der Waals surface area contributed by atoms with Gasteiger partial charge in [0.2, 0.25) is 5.91 Å². The summed E-state index contributed by atoms with van der Waals surface area (Å²) in [4.78, 5) is 22.3. The van der Waals surface area contributed by atoms with Crippen LogP contribution >= 0.6 is 0 Å². The largest absolute Gasteiger partial charge is 0.480 e. The first-order valence-electron chi connectivity index (χ1n) is 11.0. The maximum Gasteiger partial charge on any atom is 0.320 e. The molecule has 0 saturated carbocycles. The Morgan fingerprint density at radius 2 is 1.48 bits per heavy atom. The van der Waals surface area contributed by atoms with Gasteiger partial charge in [-0.3, -0.25) is 9.59 Å². The van der Waals surface area contributed by atoms with Gasteiger partial charge in [-0.25, -0.2) is 0 Å². The molecule has 1 amide bonds. The number of hydrogen-bond acceptors (Lipinski definition) is 3. The fourth-order valence-electron chi connectivity index (χ4n) is 2.92. The first-order valence-corrected chi connectivity index (χ1v) is 11.0. The van der Waals surface area contributed by atoms with E-state index in [2.05, 4.69) is 24.4 Å². The van der Waals surface area contributed by atoms with E-state index in [1.807, 2.05) is 0 Å². The highest BCUT2D eigenvalue weighted by Gasteiger charge is 2.10. The molecule has 5 heteroatoms. The number of carbonyl (C=O) groups excluding carboxylic acids is 1. The molecular formula is C22H42N2O3. The van der Waals surface area contributed by atoms with Gasteiger partial charge < -0.3 is 16.2 Å². The second-order valence-corrected chi connectivity index (χ2v) is 7.42. The van der Waals surface area contributed by atoms with E-state index in [1.54, 1.807) is 0 Å². The van der Waals surface area contributed by atoms with Crippen LogP contribution in [0.3, 0.4) is 0 Å².